The van der Waals surface area contributed by atoms with Crippen LogP contribution in [0.2, 0.25) is 0 Å². The van der Waals surface area contributed by atoms with Crippen molar-refractivity contribution in [1.29, 1.82) is 0 Å². The zero-order valence-electron chi connectivity index (χ0n) is 8.19. The minimum atomic E-state index is -0.246. The molecule has 2 rings (SSSR count). The smallest absolute Gasteiger partial charge is 0.273 e. The SMILES string of the molecule is O=Cc1ccc(C=C2NC(=S)NC2=O)cc1. The molecule has 0 atom stereocenters. The van der Waals surface area contributed by atoms with Crippen molar-refractivity contribution < 1.29 is 9.59 Å². The summed E-state index contributed by atoms with van der Waals surface area (Å²) in [5.74, 6) is -0.246. The molecule has 1 aliphatic heterocycles. The van der Waals surface area contributed by atoms with Crippen LogP contribution in [0.1, 0.15) is 15.9 Å². The highest BCUT2D eigenvalue weighted by Crippen LogP contribution is 2.09. The standard InChI is InChI=1S/C11H8N2O2S/c14-6-8-3-1-7(2-4-8)5-9-10(15)13-11(16)12-9/h1-6H,(H2,12,13,15,16). The maximum Gasteiger partial charge on any atom is 0.273 e. The van der Waals surface area contributed by atoms with E-state index in [1.807, 2.05) is 0 Å². The van der Waals surface area contributed by atoms with E-state index < -0.39 is 0 Å². The van der Waals surface area contributed by atoms with Gasteiger partial charge in [0.1, 0.15) is 12.0 Å². The summed E-state index contributed by atoms with van der Waals surface area (Å²) in [4.78, 5) is 21.8. The molecular formula is C11H8N2O2S. The van der Waals surface area contributed by atoms with E-state index in [0.29, 0.717) is 16.4 Å². The molecule has 1 amide bonds. The lowest BCUT2D eigenvalue weighted by Gasteiger charge is -1.96. The van der Waals surface area contributed by atoms with Crippen molar-refractivity contribution in [1.82, 2.24) is 10.6 Å². The van der Waals surface area contributed by atoms with E-state index >= 15 is 0 Å². The van der Waals surface area contributed by atoms with E-state index in [9.17, 15) is 9.59 Å². The number of amides is 1. The average molecular weight is 232 g/mol. The Morgan fingerprint density at radius 3 is 2.19 bits per heavy atom. The molecule has 0 aliphatic carbocycles. The quantitative estimate of drug-likeness (QED) is 0.451. The molecule has 5 heteroatoms. The molecule has 16 heavy (non-hydrogen) atoms. The van der Waals surface area contributed by atoms with Gasteiger partial charge in [-0.2, -0.15) is 0 Å². The molecule has 4 nitrogen and oxygen atoms in total. The lowest BCUT2D eigenvalue weighted by atomic mass is 10.1. The molecule has 1 aromatic rings. The van der Waals surface area contributed by atoms with E-state index in [1.165, 1.54) is 0 Å². The molecule has 2 N–H and O–H groups in total. The molecule has 1 fully saturated rings. The van der Waals surface area contributed by atoms with Crippen LogP contribution in [0.15, 0.2) is 30.0 Å². The normalized spacial score (nSPS) is 17.1. The van der Waals surface area contributed by atoms with Gasteiger partial charge in [-0.15, -0.1) is 0 Å². The first-order chi connectivity index (χ1) is 7.69. The van der Waals surface area contributed by atoms with Gasteiger partial charge in [0.05, 0.1) is 0 Å². The molecule has 0 saturated carbocycles. The summed E-state index contributed by atoms with van der Waals surface area (Å²) in [5, 5.41) is 5.52. The van der Waals surface area contributed by atoms with Gasteiger partial charge in [0.2, 0.25) is 0 Å². The number of carbonyl (C=O) groups is 2. The van der Waals surface area contributed by atoms with Crippen molar-refractivity contribution >= 4 is 35.6 Å². The monoisotopic (exact) mass is 232 g/mol. The van der Waals surface area contributed by atoms with Crippen LogP contribution in [0.3, 0.4) is 0 Å². The second-order valence-electron chi connectivity index (χ2n) is 3.25. The van der Waals surface area contributed by atoms with Crippen LogP contribution in [0.4, 0.5) is 0 Å². The molecule has 1 aliphatic rings. The Labute approximate surface area is 97.3 Å². The molecule has 1 aromatic carbocycles. The zero-order valence-corrected chi connectivity index (χ0v) is 9.01. The van der Waals surface area contributed by atoms with Gasteiger partial charge in [0.25, 0.3) is 5.91 Å². The highest BCUT2D eigenvalue weighted by atomic mass is 32.1. The number of aldehydes is 1. The highest BCUT2D eigenvalue weighted by molar-refractivity contribution is 7.80. The van der Waals surface area contributed by atoms with E-state index in [1.54, 1.807) is 30.3 Å². The van der Waals surface area contributed by atoms with E-state index in [-0.39, 0.29) is 5.91 Å². The maximum atomic E-state index is 11.3. The van der Waals surface area contributed by atoms with Crippen molar-refractivity contribution in [3.63, 3.8) is 0 Å². The van der Waals surface area contributed by atoms with Gasteiger partial charge in [-0.05, 0) is 23.9 Å². The molecule has 0 spiro atoms. The fourth-order valence-electron chi connectivity index (χ4n) is 1.32. The first kappa shape index (κ1) is 10.5. The zero-order chi connectivity index (χ0) is 11.5. The summed E-state index contributed by atoms with van der Waals surface area (Å²) in [5.41, 5.74) is 1.83. The molecular weight excluding hydrogens is 224 g/mol. The third-order valence-electron chi connectivity index (χ3n) is 2.10. The van der Waals surface area contributed by atoms with Crippen LogP contribution in [0, 0.1) is 0 Å². The molecule has 0 aromatic heterocycles. The Morgan fingerprint density at radius 1 is 1.06 bits per heavy atom. The second-order valence-corrected chi connectivity index (χ2v) is 3.66. The summed E-state index contributed by atoms with van der Waals surface area (Å²) in [7, 11) is 0. The lowest BCUT2D eigenvalue weighted by molar-refractivity contribution is -0.115. The third kappa shape index (κ3) is 2.14. The van der Waals surface area contributed by atoms with Crippen molar-refractivity contribution in [2.45, 2.75) is 0 Å². The van der Waals surface area contributed by atoms with Gasteiger partial charge in [-0.25, -0.2) is 0 Å². The number of hydrogen-bond acceptors (Lipinski definition) is 3. The van der Waals surface area contributed by atoms with E-state index in [4.69, 9.17) is 12.2 Å². The molecule has 1 saturated heterocycles. The lowest BCUT2D eigenvalue weighted by Crippen LogP contribution is -2.21. The van der Waals surface area contributed by atoms with Crippen molar-refractivity contribution in [2.24, 2.45) is 0 Å². The third-order valence-corrected chi connectivity index (χ3v) is 2.31. The molecule has 0 radical (unpaired) electrons. The predicted octanol–water partition coefficient (Wildman–Crippen LogP) is 0.844. The van der Waals surface area contributed by atoms with Gasteiger partial charge in [-0.1, -0.05) is 24.3 Å². The highest BCUT2D eigenvalue weighted by Gasteiger charge is 2.19. The van der Waals surface area contributed by atoms with Crippen LogP contribution >= 0.6 is 12.2 Å². The van der Waals surface area contributed by atoms with Gasteiger partial charge in [-0.3, -0.25) is 14.9 Å². The summed E-state index contributed by atoms with van der Waals surface area (Å²) in [6, 6.07) is 6.88. The number of carbonyl (C=O) groups excluding carboxylic acids is 2. The topological polar surface area (TPSA) is 58.2 Å². The van der Waals surface area contributed by atoms with Gasteiger partial charge >= 0.3 is 0 Å². The maximum absolute atomic E-state index is 11.3. The van der Waals surface area contributed by atoms with Crippen molar-refractivity contribution in [2.75, 3.05) is 0 Å². The summed E-state index contributed by atoms with van der Waals surface area (Å²) in [6.07, 6.45) is 2.44. The van der Waals surface area contributed by atoms with Gasteiger partial charge in [0.15, 0.2) is 5.11 Å². The Hall–Kier alpha value is -2.01. The molecule has 0 unspecified atom stereocenters. The fourth-order valence-corrected chi connectivity index (χ4v) is 1.52. The van der Waals surface area contributed by atoms with Gasteiger partial charge < -0.3 is 5.32 Å². The Bertz CT molecular complexity index is 491. The van der Waals surface area contributed by atoms with Crippen LogP contribution in [0.5, 0.6) is 0 Å². The predicted molar refractivity (Wildman–Crippen MR) is 63.7 cm³/mol. The number of benzene rings is 1. The van der Waals surface area contributed by atoms with Crippen LogP contribution in [-0.2, 0) is 4.79 Å². The number of nitrogens with one attached hydrogen (secondary N) is 2. The minimum Gasteiger partial charge on any atom is -0.328 e. The number of rotatable bonds is 2. The van der Waals surface area contributed by atoms with Crippen LogP contribution < -0.4 is 10.6 Å². The first-order valence-electron chi connectivity index (χ1n) is 4.58. The molecule has 0 bridgehead atoms. The van der Waals surface area contributed by atoms with Crippen molar-refractivity contribution in [3.05, 3.63) is 41.1 Å². The Morgan fingerprint density at radius 2 is 1.69 bits per heavy atom. The largest absolute Gasteiger partial charge is 0.328 e. The summed E-state index contributed by atoms with van der Waals surface area (Å²) in [6.45, 7) is 0. The summed E-state index contributed by atoms with van der Waals surface area (Å²) >= 11 is 4.80. The van der Waals surface area contributed by atoms with Crippen LogP contribution in [0.25, 0.3) is 6.08 Å². The summed E-state index contributed by atoms with van der Waals surface area (Å²) < 4.78 is 0. The minimum absolute atomic E-state index is 0.246. The first-order valence-corrected chi connectivity index (χ1v) is 4.99. The van der Waals surface area contributed by atoms with Crippen LogP contribution in [-0.4, -0.2) is 17.3 Å². The van der Waals surface area contributed by atoms with Crippen molar-refractivity contribution in [3.8, 4) is 0 Å². The van der Waals surface area contributed by atoms with Gasteiger partial charge in [0, 0.05) is 5.56 Å². The number of hydrogen-bond donors (Lipinski definition) is 2. The average Bonchev–Trinajstić information content (AvgIpc) is 2.59. The molecule has 80 valence electrons. The Balaban J connectivity index is 2.25. The fraction of sp³-hybridized carbons (Fsp3) is 0. The van der Waals surface area contributed by atoms with E-state index in [2.05, 4.69) is 10.6 Å². The number of thiocarbonyl (C=S) groups is 1. The van der Waals surface area contributed by atoms with E-state index in [0.717, 1.165) is 11.8 Å². The molecule has 1 heterocycles. The second kappa shape index (κ2) is 4.24. The Kier molecular flexibility index (Phi) is 2.78.